The van der Waals surface area contributed by atoms with Crippen molar-refractivity contribution in [2.45, 2.75) is 13.3 Å². The minimum Gasteiger partial charge on any atom is -0.345 e. The lowest BCUT2D eigenvalue weighted by atomic mass is 10.1. The van der Waals surface area contributed by atoms with Crippen molar-refractivity contribution in [3.8, 4) is 0 Å². The molecule has 0 bridgehead atoms. The van der Waals surface area contributed by atoms with Crippen molar-refractivity contribution in [3.05, 3.63) is 58.6 Å². The Balaban J connectivity index is 1.38. The van der Waals surface area contributed by atoms with E-state index in [1.54, 1.807) is 11.3 Å². The summed E-state index contributed by atoms with van der Waals surface area (Å²) in [7, 11) is 0. The molecule has 0 atom stereocenters. The molecule has 134 valence electrons. The highest BCUT2D eigenvalue weighted by molar-refractivity contribution is 7.22. The first-order valence-corrected chi connectivity index (χ1v) is 9.92. The highest BCUT2D eigenvalue weighted by atomic mass is 35.5. The van der Waals surface area contributed by atoms with Gasteiger partial charge in [0.05, 0.1) is 16.6 Å². The Bertz CT molecular complexity index is 930. The first-order valence-electron chi connectivity index (χ1n) is 8.73. The topological polar surface area (TPSA) is 36.4 Å². The standard InChI is InChI=1S/C20H20ClN3OS/c1-14-2-4-15(5-3-14)12-19(25)23-8-10-24(11-9-23)20-22-17-7-6-16(21)13-18(17)26-20/h2-7,13H,8-12H2,1H3. The molecule has 6 heteroatoms. The Hall–Kier alpha value is -2.11. The fourth-order valence-electron chi connectivity index (χ4n) is 3.16. The Kier molecular flexibility index (Phi) is 4.83. The summed E-state index contributed by atoms with van der Waals surface area (Å²) in [6.07, 6.45) is 0.472. The number of carbonyl (C=O) groups is 1. The summed E-state index contributed by atoms with van der Waals surface area (Å²) in [5.74, 6) is 0.199. The molecule has 1 amide bonds. The molecule has 0 aliphatic carbocycles. The van der Waals surface area contributed by atoms with Crippen LogP contribution in [0.3, 0.4) is 0 Å². The van der Waals surface area contributed by atoms with Crippen LogP contribution in [0.1, 0.15) is 11.1 Å². The highest BCUT2D eigenvalue weighted by Crippen LogP contribution is 2.31. The molecule has 1 aromatic heterocycles. The predicted molar refractivity (Wildman–Crippen MR) is 108 cm³/mol. The third-order valence-corrected chi connectivity index (χ3v) is 6.03. The lowest BCUT2D eigenvalue weighted by molar-refractivity contribution is -0.130. The molecular weight excluding hydrogens is 366 g/mol. The molecule has 0 spiro atoms. The van der Waals surface area contributed by atoms with Crippen LogP contribution in [0.5, 0.6) is 0 Å². The molecule has 2 aromatic carbocycles. The Labute approximate surface area is 162 Å². The second kappa shape index (κ2) is 7.25. The zero-order valence-electron chi connectivity index (χ0n) is 14.6. The summed E-state index contributed by atoms with van der Waals surface area (Å²) in [6, 6.07) is 14.0. The molecule has 4 nitrogen and oxygen atoms in total. The number of rotatable bonds is 3. The van der Waals surface area contributed by atoms with Crippen molar-refractivity contribution < 1.29 is 4.79 Å². The van der Waals surface area contributed by atoms with E-state index in [0.717, 1.165) is 52.1 Å². The van der Waals surface area contributed by atoms with Gasteiger partial charge in [-0.3, -0.25) is 4.79 Å². The molecule has 0 N–H and O–H groups in total. The number of hydrogen-bond donors (Lipinski definition) is 0. The van der Waals surface area contributed by atoms with Crippen molar-refractivity contribution in [2.75, 3.05) is 31.1 Å². The lowest BCUT2D eigenvalue weighted by Crippen LogP contribution is -2.49. The normalized spacial score (nSPS) is 14.8. The van der Waals surface area contributed by atoms with Crippen LogP contribution < -0.4 is 4.90 Å². The fraction of sp³-hybridized carbons (Fsp3) is 0.300. The number of piperazine rings is 1. The number of amides is 1. The molecule has 0 radical (unpaired) electrons. The van der Waals surface area contributed by atoms with E-state index in [9.17, 15) is 4.79 Å². The SMILES string of the molecule is Cc1ccc(CC(=O)N2CCN(c3nc4ccc(Cl)cc4s3)CC2)cc1. The maximum Gasteiger partial charge on any atom is 0.227 e. The summed E-state index contributed by atoms with van der Waals surface area (Å²) in [6.45, 7) is 5.16. The van der Waals surface area contributed by atoms with Crippen LogP contribution in [0.2, 0.25) is 5.02 Å². The number of benzene rings is 2. The van der Waals surface area contributed by atoms with Gasteiger partial charge in [-0.25, -0.2) is 4.98 Å². The van der Waals surface area contributed by atoms with Gasteiger partial charge in [0, 0.05) is 31.2 Å². The molecule has 1 fully saturated rings. The van der Waals surface area contributed by atoms with Gasteiger partial charge in [0.15, 0.2) is 5.13 Å². The van der Waals surface area contributed by atoms with Gasteiger partial charge < -0.3 is 9.80 Å². The number of anilines is 1. The Morgan fingerprint density at radius 1 is 1.12 bits per heavy atom. The minimum absolute atomic E-state index is 0.199. The van der Waals surface area contributed by atoms with Crippen molar-refractivity contribution in [1.29, 1.82) is 0 Å². The molecule has 2 heterocycles. The number of aryl methyl sites for hydroxylation is 1. The number of hydrogen-bond acceptors (Lipinski definition) is 4. The number of nitrogens with zero attached hydrogens (tertiary/aromatic N) is 3. The quantitative estimate of drug-likeness (QED) is 0.679. The van der Waals surface area contributed by atoms with Crippen molar-refractivity contribution in [2.24, 2.45) is 0 Å². The van der Waals surface area contributed by atoms with Crippen molar-refractivity contribution in [3.63, 3.8) is 0 Å². The molecule has 0 unspecified atom stereocenters. The number of thiazole rings is 1. The van der Waals surface area contributed by atoms with Gasteiger partial charge in [0.2, 0.25) is 5.91 Å². The summed E-state index contributed by atoms with van der Waals surface area (Å²) in [5, 5.41) is 1.74. The molecule has 1 aliphatic heterocycles. The van der Waals surface area contributed by atoms with E-state index in [-0.39, 0.29) is 5.91 Å². The lowest BCUT2D eigenvalue weighted by Gasteiger charge is -2.34. The molecule has 1 saturated heterocycles. The Morgan fingerprint density at radius 3 is 2.58 bits per heavy atom. The molecule has 0 saturated carbocycles. The largest absolute Gasteiger partial charge is 0.345 e. The summed E-state index contributed by atoms with van der Waals surface area (Å²) >= 11 is 7.72. The summed E-state index contributed by atoms with van der Waals surface area (Å²) in [5.41, 5.74) is 3.27. The van der Waals surface area contributed by atoms with Crippen LogP contribution in [0.25, 0.3) is 10.2 Å². The van der Waals surface area contributed by atoms with Gasteiger partial charge in [-0.05, 0) is 30.7 Å². The maximum atomic E-state index is 12.6. The first-order chi connectivity index (χ1) is 12.6. The molecule has 4 rings (SSSR count). The van der Waals surface area contributed by atoms with Gasteiger partial charge in [-0.1, -0.05) is 52.8 Å². The zero-order chi connectivity index (χ0) is 18.1. The van der Waals surface area contributed by atoms with Crippen molar-refractivity contribution in [1.82, 2.24) is 9.88 Å². The van der Waals surface area contributed by atoms with Crippen LogP contribution in [-0.4, -0.2) is 42.0 Å². The van der Waals surface area contributed by atoms with Gasteiger partial charge in [0.1, 0.15) is 0 Å². The molecular formula is C20H20ClN3OS. The maximum absolute atomic E-state index is 12.6. The van der Waals surface area contributed by atoms with Crippen LogP contribution in [0.15, 0.2) is 42.5 Å². The number of halogens is 1. The average molecular weight is 386 g/mol. The monoisotopic (exact) mass is 385 g/mol. The van der Waals surface area contributed by atoms with Crippen LogP contribution in [-0.2, 0) is 11.2 Å². The van der Waals surface area contributed by atoms with E-state index in [1.807, 2.05) is 35.2 Å². The van der Waals surface area contributed by atoms with Crippen LogP contribution in [0.4, 0.5) is 5.13 Å². The molecule has 3 aromatic rings. The average Bonchev–Trinajstić information content (AvgIpc) is 3.07. The van der Waals surface area contributed by atoms with E-state index >= 15 is 0 Å². The third-order valence-electron chi connectivity index (χ3n) is 4.72. The fourth-order valence-corrected chi connectivity index (χ4v) is 4.45. The summed E-state index contributed by atoms with van der Waals surface area (Å²) in [4.78, 5) is 21.5. The second-order valence-electron chi connectivity index (χ2n) is 6.64. The second-order valence-corrected chi connectivity index (χ2v) is 8.08. The van der Waals surface area contributed by atoms with Crippen LogP contribution >= 0.6 is 22.9 Å². The first kappa shape index (κ1) is 17.3. The van der Waals surface area contributed by atoms with Gasteiger partial charge in [-0.15, -0.1) is 0 Å². The van der Waals surface area contributed by atoms with Crippen LogP contribution in [0, 0.1) is 6.92 Å². The van der Waals surface area contributed by atoms with E-state index in [0.29, 0.717) is 6.42 Å². The summed E-state index contributed by atoms with van der Waals surface area (Å²) < 4.78 is 1.10. The minimum atomic E-state index is 0.199. The smallest absolute Gasteiger partial charge is 0.227 e. The predicted octanol–water partition coefficient (Wildman–Crippen LogP) is 4.15. The van der Waals surface area contributed by atoms with E-state index in [4.69, 9.17) is 16.6 Å². The highest BCUT2D eigenvalue weighted by Gasteiger charge is 2.23. The molecule has 1 aliphatic rings. The number of carbonyl (C=O) groups excluding carboxylic acids is 1. The van der Waals surface area contributed by atoms with E-state index in [2.05, 4.69) is 24.0 Å². The molecule has 26 heavy (non-hydrogen) atoms. The van der Waals surface area contributed by atoms with E-state index in [1.165, 1.54) is 5.56 Å². The van der Waals surface area contributed by atoms with Gasteiger partial charge >= 0.3 is 0 Å². The number of fused-ring (bicyclic) bond motifs is 1. The Morgan fingerprint density at radius 2 is 1.85 bits per heavy atom. The van der Waals surface area contributed by atoms with Crippen molar-refractivity contribution >= 4 is 44.2 Å². The third kappa shape index (κ3) is 3.69. The zero-order valence-corrected chi connectivity index (χ0v) is 16.2. The number of aromatic nitrogens is 1. The van der Waals surface area contributed by atoms with Gasteiger partial charge in [-0.2, -0.15) is 0 Å². The van der Waals surface area contributed by atoms with E-state index < -0.39 is 0 Å². The van der Waals surface area contributed by atoms with Gasteiger partial charge in [0.25, 0.3) is 0 Å².